The van der Waals surface area contributed by atoms with Crippen molar-refractivity contribution in [2.45, 2.75) is 95.2 Å². The van der Waals surface area contributed by atoms with E-state index in [9.17, 15) is 29.1 Å². The lowest BCUT2D eigenvalue weighted by molar-refractivity contribution is -0.140. The normalized spacial score (nSPS) is 15.3. The summed E-state index contributed by atoms with van der Waals surface area (Å²) in [5, 5.41) is 20.5. The van der Waals surface area contributed by atoms with Crippen molar-refractivity contribution in [1.29, 1.82) is 0 Å². The van der Waals surface area contributed by atoms with E-state index >= 15 is 0 Å². The van der Waals surface area contributed by atoms with Gasteiger partial charge in [-0.3, -0.25) is 24.0 Å². The fourth-order valence-electron chi connectivity index (χ4n) is 5.29. The van der Waals surface area contributed by atoms with Gasteiger partial charge in [-0.2, -0.15) is 11.8 Å². The Morgan fingerprint density at radius 3 is 2.29 bits per heavy atom. The Bertz CT molecular complexity index is 1080. The molecule has 2 rings (SSSR count). The lowest BCUT2D eigenvalue weighted by Crippen LogP contribution is -2.54. The summed E-state index contributed by atoms with van der Waals surface area (Å²) in [6.45, 7) is 0.0888. The van der Waals surface area contributed by atoms with Crippen LogP contribution in [-0.2, 0) is 35.1 Å². The number of aromatic hydroxyl groups is 1. The van der Waals surface area contributed by atoms with Gasteiger partial charge in [0, 0.05) is 13.0 Å². The SMILES string of the molecule is COC(=O)CCCCCNC(=O)[C@H](CC1CCCCC1)NC(=O)CNC(=O)[C@@H](CCSC)NC(=O)[C@@H](N)Cc1ccc(O)cc1. The summed E-state index contributed by atoms with van der Waals surface area (Å²) in [4.78, 5) is 63.1. The van der Waals surface area contributed by atoms with E-state index in [2.05, 4.69) is 26.0 Å². The van der Waals surface area contributed by atoms with Crippen LogP contribution in [0.5, 0.6) is 5.75 Å². The number of thioether (sulfide) groups is 1. The van der Waals surface area contributed by atoms with E-state index in [0.717, 1.165) is 37.7 Å². The number of nitrogens with one attached hydrogen (secondary N) is 4. The van der Waals surface area contributed by atoms with Crippen LogP contribution in [0.1, 0.15) is 76.2 Å². The molecule has 1 aliphatic carbocycles. The highest BCUT2D eigenvalue weighted by Crippen LogP contribution is 2.27. The molecule has 1 aromatic rings. The van der Waals surface area contributed by atoms with Gasteiger partial charge in [-0.25, -0.2) is 0 Å². The number of hydrogen-bond donors (Lipinski definition) is 6. The Hall–Kier alpha value is -3.32. The number of esters is 1. The maximum Gasteiger partial charge on any atom is 0.305 e. The molecule has 12 nitrogen and oxygen atoms in total. The number of methoxy groups -OCH3 is 1. The van der Waals surface area contributed by atoms with Gasteiger partial charge in [0.15, 0.2) is 0 Å². The Labute approximate surface area is 270 Å². The van der Waals surface area contributed by atoms with Gasteiger partial charge in [-0.15, -0.1) is 0 Å². The molecule has 0 aromatic heterocycles. The summed E-state index contributed by atoms with van der Waals surface area (Å²) in [5.74, 6) is -0.968. The van der Waals surface area contributed by atoms with E-state index in [-0.39, 0.29) is 30.6 Å². The average molecular weight is 650 g/mol. The number of nitrogens with two attached hydrogens (primary N) is 1. The monoisotopic (exact) mass is 649 g/mol. The molecule has 0 aliphatic heterocycles. The molecule has 1 aliphatic rings. The zero-order valence-corrected chi connectivity index (χ0v) is 27.4. The van der Waals surface area contributed by atoms with Crippen molar-refractivity contribution in [2.75, 3.05) is 32.2 Å². The van der Waals surface area contributed by atoms with Crippen LogP contribution in [0.25, 0.3) is 0 Å². The molecule has 45 heavy (non-hydrogen) atoms. The molecule has 13 heteroatoms. The molecule has 0 heterocycles. The number of amides is 4. The number of rotatable bonds is 20. The molecule has 0 unspecified atom stereocenters. The number of unbranched alkanes of at least 4 members (excludes halogenated alkanes) is 2. The first-order chi connectivity index (χ1) is 21.6. The molecular weight excluding hydrogens is 598 g/mol. The second-order valence-corrected chi connectivity index (χ2v) is 12.6. The van der Waals surface area contributed by atoms with Gasteiger partial charge in [-0.05, 0) is 67.7 Å². The van der Waals surface area contributed by atoms with Crippen LogP contribution in [0.2, 0.25) is 0 Å². The molecule has 0 radical (unpaired) electrons. The molecule has 252 valence electrons. The number of phenols is 1. The van der Waals surface area contributed by atoms with Gasteiger partial charge in [0.1, 0.15) is 17.8 Å². The van der Waals surface area contributed by atoms with E-state index in [4.69, 9.17) is 5.73 Å². The van der Waals surface area contributed by atoms with Crippen molar-refractivity contribution in [3.05, 3.63) is 29.8 Å². The largest absolute Gasteiger partial charge is 0.508 e. The molecule has 1 aromatic carbocycles. The van der Waals surface area contributed by atoms with Crippen molar-refractivity contribution < 1.29 is 33.8 Å². The first-order valence-electron chi connectivity index (χ1n) is 15.9. The molecule has 0 saturated heterocycles. The van der Waals surface area contributed by atoms with Crippen molar-refractivity contribution in [1.82, 2.24) is 21.3 Å². The van der Waals surface area contributed by atoms with E-state index in [1.807, 2.05) is 6.26 Å². The lowest BCUT2D eigenvalue weighted by atomic mass is 9.84. The third-order valence-electron chi connectivity index (χ3n) is 7.93. The van der Waals surface area contributed by atoms with Gasteiger partial charge >= 0.3 is 5.97 Å². The van der Waals surface area contributed by atoms with Crippen LogP contribution < -0.4 is 27.0 Å². The molecule has 3 atom stereocenters. The van der Waals surface area contributed by atoms with Gasteiger partial charge in [0.2, 0.25) is 23.6 Å². The quantitative estimate of drug-likeness (QED) is 0.0906. The number of hydrogen-bond acceptors (Lipinski definition) is 9. The van der Waals surface area contributed by atoms with Crippen molar-refractivity contribution in [2.24, 2.45) is 11.7 Å². The highest BCUT2D eigenvalue weighted by Gasteiger charge is 2.27. The molecule has 1 fully saturated rings. The van der Waals surface area contributed by atoms with Crippen LogP contribution in [0.3, 0.4) is 0 Å². The van der Waals surface area contributed by atoms with Crippen LogP contribution in [0.15, 0.2) is 24.3 Å². The maximum atomic E-state index is 13.1. The van der Waals surface area contributed by atoms with Gasteiger partial charge in [0.25, 0.3) is 0 Å². The maximum absolute atomic E-state index is 13.1. The first kappa shape index (κ1) is 37.9. The fraction of sp³-hybridized carbons (Fsp3) is 0.656. The van der Waals surface area contributed by atoms with E-state index < -0.39 is 35.8 Å². The Morgan fingerprint density at radius 1 is 0.933 bits per heavy atom. The zero-order valence-electron chi connectivity index (χ0n) is 26.6. The minimum absolute atomic E-state index is 0.111. The molecule has 7 N–H and O–H groups in total. The number of carbonyl (C=O) groups is 5. The summed E-state index contributed by atoms with van der Waals surface area (Å²) >= 11 is 1.52. The van der Waals surface area contributed by atoms with E-state index in [1.54, 1.807) is 12.1 Å². The fourth-order valence-corrected chi connectivity index (χ4v) is 5.76. The first-order valence-corrected chi connectivity index (χ1v) is 17.3. The third kappa shape index (κ3) is 15.5. The van der Waals surface area contributed by atoms with E-state index in [0.29, 0.717) is 50.3 Å². The highest BCUT2D eigenvalue weighted by molar-refractivity contribution is 7.98. The molecule has 4 amide bonds. The molecule has 0 spiro atoms. The third-order valence-corrected chi connectivity index (χ3v) is 8.57. The number of ether oxygens (including phenoxy) is 1. The smallest absolute Gasteiger partial charge is 0.305 e. The van der Waals surface area contributed by atoms with Crippen LogP contribution in [-0.4, -0.2) is 85.0 Å². The highest BCUT2D eigenvalue weighted by atomic mass is 32.2. The predicted octanol–water partition coefficient (Wildman–Crippen LogP) is 1.92. The van der Waals surface area contributed by atoms with E-state index in [1.165, 1.54) is 37.4 Å². The van der Waals surface area contributed by atoms with Crippen molar-refractivity contribution in [3.63, 3.8) is 0 Å². The standard InChI is InChI=1S/C32H51N5O7S/c1-44-29(40)11-7-4-8-17-34-32(43)27(20-22-9-5-3-6-10-22)36-28(39)21-35-31(42)26(16-18-45-2)37-30(41)25(33)19-23-12-14-24(38)15-13-23/h12-15,22,25-27,38H,3-11,16-21,33H2,1-2H3,(H,34,43)(H,35,42)(H,36,39)(H,37,41)/t25-,26+,27-/m0/s1. The van der Waals surface area contributed by atoms with Gasteiger partial charge in [0.05, 0.1) is 19.7 Å². The van der Waals surface area contributed by atoms with Crippen molar-refractivity contribution >= 4 is 41.4 Å². The minimum Gasteiger partial charge on any atom is -0.508 e. The number of phenolic OH excluding ortho intramolecular Hbond substituents is 1. The minimum atomic E-state index is -0.908. The van der Waals surface area contributed by atoms with Crippen LogP contribution in [0, 0.1) is 5.92 Å². The van der Waals surface area contributed by atoms with Crippen LogP contribution in [0.4, 0.5) is 0 Å². The molecular formula is C32H51N5O7S. The Kier molecular flexibility index (Phi) is 18.0. The summed E-state index contributed by atoms with van der Waals surface area (Å²) in [6.07, 6.45) is 10.9. The van der Waals surface area contributed by atoms with Gasteiger partial charge < -0.3 is 36.8 Å². The molecule has 1 saturated carbocycles. The average Bonchev–Trinajstić information content (AvgIpc) is 3.04. The topological polar surface area (TPSA) is 189 Å². The summed E-state index contributed by atoms with van der Waals surface area (Å²) in [5.41, 5.74) is 6.86. The zero-order chi connectivity index (χ0) is 33.0. The molecule has 0 bridgehead atoms. The van der Waals surface area contributed by atoms with Gasteiger partial charge in [-0.1, -0.05) is 50.7 Å². The second-order valence-electron chi connectivity index (χ2n) is 11.6. The van der Waals surface area contributed by atoms with Crippen LogP contribution >= 0.6 is 11.8 Å². The Morgan fingerprint density at radius 2 is 1.62 bits per heavy atom. The Balaban J connectivity index is 1.90. The predicted molar refractivity (Wildman–Crippen MR) is 174 cm³/mol. The van der Waals surface area contributed by atoms with Crippen molar-refractivity contribution in [3.8, 4) is 5.75 Å². The number of carbonyl (C=O) groups excluding carboxylic acids is 5. The summed E-state index contributed by atoms with van der Waals surface area (Å²) in [6, 6.07) is 3.86. The summed E-state index contributed by atoms with van der Waals surface area (Å²) < 4.78 is 4.64. The lowest BCUT2D eigenvalue weighted by Gasteiger charge is -2.27. The number of benzene rings is 1. The second kappa shape index (κ2) is 21.4. The summed E-state index contributed by atoms with van der Waals surface area (Å²) in [7, 11) is 1.36.